The number of carbonyl (C=O) groups excluding carboxylic acids is 2. The predicted molar refractivity (Wildman–Crippen MR) is 102 cm³/mol. The fourth-order valence-corrected chi connectivity index (χ4v) is 2.51. The number of rotatable bonds is 5. The van der Waals surface area contributed by atoms with Gasteiger partial charge in [0.1, 0.15) is 0 Å². The molecule has 0 fully saturated rings. The normalized spacial score (nSPS) is 10.4. The van der Waals surface area contributed by atoms with Gasteiger partial charge in [0.15, 0.2) is 12.3 Å². The molecule has 1 heterocycles. The highest BCUT2D eigenvalue weighted by Crippen LogP contribution is 2.16. The smallest absolute Gasteiger partial charge is 0.359 e. The van der Waals surface area contributed by atoms with Gasteiger partial charge in [-0.25, -0.2) is 9.89 Å². The zero-order valence-corrected chi connectivity index (χ0v) is 14.9. The fraction of sp³-hybridized carbons (Fsp3) is 0.158. The van der Waals surface area contributed by atoms with Crippen molar-refractivity contribution < 1.29 is 14.3 Å². The molecule has 3 rings (SSSR count). The van der Waals surface area contributed by atoms with Crippen LogP contribution in [0.25, 0.3) is 10.8 Å². The minimum Gasteiger partial charge on any atom is -0.451 e. The van der Waals surface area contributed by atoms with E-state index < -0.39 is 24.0 Å². The summed E-state index contributed by atoms with van der Waals surface area (Å²) in [7, 11) is 3.84. The van der Waals surface area contributed by atoms with Gasteiger partial charge in [-0.15, -0.1) is 0 Å². The van der Waals surface area contributed by atoms with Crippen LogP contribution in [-0.4, -0.2) is 42.8 Å². The molecule has 8 heteroatoms. The number of hydrogen-bond acceptors (Lipinski definition) is 6. The maximum Gasteiger partial charge on any atom is 0.359 e. The number of nitrogens with one attached hydrogen (secondary N) is 2. The molecular weight excluding hydrogens is 348 g/mol. The number of esters is 1. The van der Waals surface area contributed by atoms with Crippen LogP contribution in [0.2, 0.25) is 0 Å². The summed E-state index contributed by atoms with van der Waals surface area (Å²) in [5.41, 5.74) is 1.14. The number of anilines is 2. The Kier molecular flexibility index (Phi) is 5.16. The molecule has 0 unspecified atom stereocenters. The van der Waals surface area contributed by atoms with Gasteiger partial charge in [-0.05, 0) is 30.3 Å². The van der Waals surface area contributed by atoms with Crippen molar-refractivity contribution in [1.82, 2.24) is 10.2 Å². The second-order valence-corrected chi connectivity index (χ2v) is 6.01. The lowest BCUT2D eigenvalue weighted by atomic mass is 10.1. The first-order chi connectivity index (χ1) is 13.0. The number of amides is 1. The number of ether oxygens (including phenoxy) is 1. The van der Waals surface area contributed by atoms with E-state index in [1.807, 2.05) is 31.1 Å². The third-order valence-electron chi connectivity index (χ3n) is 3.89. The van der Waals surface area contributed by atoms with Crippen molar-refractivity contribution >= 4 is 34.0 Å². The Bertz CT molecular complexity index is 1040. The summed E-state index contributed by atoms with van der Waals surface area (Å²) in [4.78, 5) is 38.0. The molecule has 1 amide bonds. The first-order valence-corrected chi connectivity index (χ1v) is 8.17. The molecule has 0 aliphatic carbocycles. The highest BCUT2D eigenvalue weighted by atomic mass is 16.5. The number of nitrogens with zero attached hydrogens (tertiary/aromatic N) is 2. The standard InChI is InChI=1S/C19H18N4O4/c1-23(2)13-9-7-12(8-10-13)20-16(24)11-27-19(26)17-14-5-3-4-6-15(14)18(25)22-21-17/h3-10H,11H2,1-2H3,(H,20,24)(H,22,25). The van der Waals surface area contributed by atoms with E-state index in [1.54, 1.807) is 36.4 Å². The maximum absolute atomic E-state index is 12.3. The lowest BCUT2D eigenvalue weighted by Crippen LogP contribution is -2.22. The van der Waals surface area contributed by atoms with Crippen molar-refractivity contribution in [2.75, 3.05) is 30.9 Å². The van der Waals surface area contributed by atoms with E-state index in [9.17, 15) is 14.4 Å². The Labute approximate surface area is 154 Å². The molecule has 8 nitrogen and oxygen atoms in total. The van der Waals surface area contributed by atoms with E-state index in [4.69, 9.17) is 4.74 Å². The van der Waals surface area contributed by atoms with Gasteiger partial charge in [-0.1, -0.05) is 18.2 Å². The number of aromatic nitrogens is 2. The predicted octanol–water partition coefficient (Wildman–Crippen LogP) is 1.78. The minimum absolute atomic E-state index is 0.0478. The Balaban J connectivity index is 1.65. The number of benzene rings is 2. The molecule has 0 saturated carbocycles. The number of hydrogen-bond donors (Lipinski definition) is 2. The molecular formula is C19H18N4O4. The molecule has 2 aromatic carbocycles. The quantitative estimate of drug-likeness (QED) is 0.667. The van der Waals surface area contributed by atoms with Crippen LogP contribution in [0.3, 0.4) is 0 Å². The van der Waals surface area contributed by atoms with Crippen LogP contribution in [0.4, 0.5) is 11.4 Å². The zero-order valence-electron chi connectivity index (χ0n) is 14.9. The lowest BCUT2D eigenvalue weighted by molar-refractivity contribution is -0.119. The third kappa shape index (κ3) is 4.12. The molecule has 0 spiro atoms. The van der Waals surface area contributed by atoms with E-state index in [0.717, 1.165) is 5.69 Å². The Hall–Kier alpha value is -3.68. The number of fused-ring (bicyclic) bond motifs is 1. The average molecular weight is 366 g/mol. The van der Waals surface area contributed by atoms with Crippen LogP contribution >= 0.6 is 0 Å². The minimum atomic E-state index is -0.791. The van der Waals surface area contributed by atoms with E-state index in [2.05, 4.69) is 15.5 Å². The van der Waals surface area contributed by atoms with Crippen molar-refractivity contribution in [3.63, 3.8) is 0 Å². The molecule has 27 heavy (non-hydrogen) atoms. The van der Waals surface area contributed by atoms with Crippen LogP contribution in [0.15, 0.2) is 53.3 Å². The Morgan fingerprint density at radius 1 is 1.07 bits per heavy atom. The van der Waals surface area contributed by atoms with Crippen LogP contribution in [0.1, 0.15) is 10.5 Å². The largest absolute Gasteiger partial charge is 0.451 e. The molecule has 0 aliphatic heterocycles. The molecule has 2 N–H and O–H groups in total. The Morgan fingerprint density at radius 2 is 1.74 bits per heavy atom. The summed E-state index contributed by atoms with van der Waals surface area (Å²) in [6.45, 7) is -0.469. The van der Waals surface area contributed by atoms with Gasteiger partial charge in [0.2, 0.25) is 0 Å². The van der Waals surface area contributed by atoms with Crippen LogP contribution in [-0.2, 0) is 9.53 Å². The lowest BCUT2D eigenvalue weighted by Gasteiger charge is -2.13. The molecule has 1 aromatic heterocycles. The van der Waals surface area contributed by atoms with Crippen LogP contribution < -0.4 is 15.8 Å². The Morgan fingerprint density at radius 3 is 2.41 bits per heavy atom. The van der Waals surface area contributed by atoms with Crippen molar-refractivity contribution in [1.29, 1.82) is 0 Å². The summed E-state index contributed by atoms with van der Waals surface area (Å²) < 4.78 is 5.03. The monoisotopic (exact) mass is 366 g/mol. The van der Waals surface area contributed by atoms with Gasteiger partial charge in [-0.3, -0.25) is 9.59 Å². The van der Waals surface area contributed by atoms with Crippen molar-refractivity contribution in [2.24, 2.45) is 0 Å². The number of aromatic amines is 1. The topological polar surface area (TPSA) is 104 Å². The molecule has 3 aromatic rings. The van der Waals surface area contributed by atoms with Gasteiger partial charge in [0, 0.05) is 30.9 Å². The SMILES string of the molecule is CN(C)c1ccc(NC(=O)COC(=O)c2n[nH]c(=O)c3ccccc23)cc1. The second kappa shape index (κ2) is 7.69. The maximum atomic E-state index is 12.3. The van der Waals surface area contributed by atoms with Gasteiger partial charge in [0.25, 0.3) is 11.5 Å². The third-order valence-corrected chi connectivity index (χ3v) is 3.89. The van der Waals surface area contributed by atoms with Crippen LogP contribution in [0, 0.1) is 0 Å². The summed E-state index contributed by atoms with van der Waals surface area (Å²) in [6.07, 6.45) is 0. The van der Waals surface area contributed by atoms with Crippen molar-refractivity contribution in [3.8, 4) is 0 Å². The molecule has 0 bridgehead atoms. The van der Waals surface area contributed by atoms with Crippen molar-refractivity contribution in [3.05, 3.63) is 64.6 Å². The summed E-state index contributed by atoms with van der Waals surface area (Å²) >= 11 is 0. The summed E-state index contributed by atoms with van der Waals surface area (Å²) in [5, 5.41) is 9.34. The molecule has 0 atom stereocenters. The number of carbonyl (C=O) groups is 2. The second-order valence-electron chi connectivity index (χ2n) is 6.01. The summed E-state index contributed by atoms with van der Waals surface area (Å²) in [6, 6.07) is 13.8. The van der Waals surface area contributed by atoms with Crippen LogP contribution in [0.5, 0.6) is 0 Å². The first kappa shape index (κ1) is 18.1. The van der Waals surface area contributed by atoms with Gasteiger partial charge >= 0.3 is 5.97 Å². The van der Waals surface area contributed by atoms with Gasteiger partial charge in [-0.2, -0.15) is 5.10 Å². The summed E-state index contributed by atoms with van der Waals surface area (Å²) in [5.74, 6) is -1.27. The van der Waals surface area contributed by atoms with E-state index >= 15 is 0 Å². The molecule has 0 radical (unpaired) electrons. The van der Waals surface area contributed by atoms with E-state index in [-0.39, 0.29) is 5.69 Å². The van der Waals surface area contributed by atoms with Crippen molar-refractivity contribution in [2.45, 2.75) is 0 Å². The van der Waals surface area contributed by atoms with Gasteiger partial charge < -0.3 is 15.0 Å². The zero-order chi connectivity index (χ0) is 19.4. The highest BCUT2D eigenvalue weighted by Gasteiger charge is 2.16. The molecule has 0 saturated heterocycles. The van der Waals surface area contributed by atoms with E-state index in [1.165, 1.54) is 0 Å². The average Bonchev–Trinajstić information content (AvgIpc) is 2.67. The highest BCUT2D eigenvalue weighted by molar-refractivity contribution is 6.03. The van der Waals surface area contributed by atoms with E-state index in [0.29, 0.717) is 16.5 Å². The number of H-pyrrole nitrogens is 1. The molecule has 0 aliphatic rings. The first-order valence-electron chi connectivity index (χ1n) is 8.17. The fourth-order valence-electron chi connectivity index (χ4n) is 2.51. The molecule has 138 valence electrons. The van der Waals surface area contributed by atoms with Gasteiger partial charge in [0.05, 0.1) is 5.39 Å².